The van der Waals surface area contributed by atoms with Crippen LogP contribution in [-0.2, 0) is 28.2 Å². The fourth-order valence-electron chi connectivity index (χ4n) is 2.06. The van der Waals surface area contributed by atoms with E-state index < -0.39 is 37.6 Å². The molecular formula is C16H21O8P. The number of ether oxygens (including phenoxy) is 2. The maximum atomic E-state index is 11.8. The van der Waals surface area contributed by atoms with Crippen molar-refractivity contribution in [3.63, 3.8) is 0 Å². The molecule has 138 valence electrons. The van der Waals surface area contributed by atoms with E-state index in [1.165, 1.54) is 12.1 Å². The molecule has 0 spiro atoms. The van der Waals surface area contributed by atoms with Gasteiger partial charge in [0.1, 0.15) is 0 Å². The number of methoxy groups -OCH3 is 1. The summed E-state index contributed by atoms with van der Waals surface area (Å²) in [6.45, 7) is 1.55. The first kappa shape index (κ1) is 21.0. The lowest BCUT2D eigenvalue weighted by Gasteiger charge is -2.17. The first-order chi connectivity index (χ1) is 11.8. The second-order valence-corrected chi connectivity index (χ2v) is 7.02. The Morgan fingerprint density at radius 3 is 2.40 bits per heavy atom. The lowest BCUT2D eigenvalue weighted by atomic mass is 10.1. The topological polar surface area (TPSA) is 116 Å². The van der Waals surface area contributed by atoms with Crippen LogP contribution in [0.4, 0.5) is 0 Å². The molecule has 1 rings (SSSR count). The minimum atomic E-state index is -3.97. The first-order valence-corrected chi connectivity index (χ1v) is 9.39. The molecule has 0 saturated heterocycles. The molecule has 2 unspecified atom stereocenters. The molecular weight excluding hydrogens is 351 g/mol. The molecule has 0 fully saturated rings. The Balaban J connectivity index is 2.60. The molecule has 0 radical (unpaired) electrons. The van der Waals surface area contributed by atoms with E-state index in [0.29, 0.717) is 0 Å². The van der Waals surface area contributed by atoms with Gasteiger partial charge in [0, 0.05) is 6.42 Å². The summed E-state index contributed by atoms with van der Waals surface area (Å²) in [6, 6.07) is 7.96. The van der Waals surface area contributed by atoms with Crippen LogP contribution in [0.2, 0.25) is 0 Å². The average Bonchev–Trinajstić information content (AvgIpc) is 2.58. The van der Waals surface area contributed by atoms with Crippen LogP contribution in [0.25, 0.3) is 0 Å². The monoisotopic (exact) mass is 372 g/mol. The number of benzene rings is 1. The number of hydrogen-bond donors (Lipinski definition) is 1. The molecule has 1 aromatic carbocycles. The van der Waals surface area contributed by atoms with E-state index in [-0.39, 0.29) is 25.0 Å². The Hall–Kier alpha value is -2.02. The number of esters is 3. The Morgan fingerprint density at radius 1 is 1.20 bits per heavy atom. The fourth-order valence-corrected chi connectivity index (χ4v) is 3.46. The minimum absolute atomic E-state index is 0.00922. The van der Waals surface area contributed by atoms with Crippen molar-refractivity contribution in [3.05, 3.63) is 35.9 Å². The van der Waals surface area contributed by atoms with Gasteiger partial charge in [0.2, 0.25) is 0 Å². The van der Waals surface area contributed by atoms with Crippen molar-refractivity contribution < 1.29 is 37.8 Å². The maximum absolute atomic E-state index is 11.8. The summed E-state index contributed by atoms with van der Waals surface area (Å²) in [4.78, 5) is 44.9. The van der Waals surface area contributed by atoms with Crippen molar-refractivity contribution in [1.29, 1.82) is 0 Å². The van der Waals surface area contributed by atoms with Crippen LogP contribution in [0.1, 0.15) is 30.1 Å². The van der Waals surface area contributed by atoms with Crippen molar-refractivity contribution in [2.45, 2.75) is 19.8 Å². The molecule has 0 aliphatic carbocycles. The predicted octanol–water partition coefficient (Wildman–Crippen LogP) is 2.16. The van der Waals surface area contributed by atoms with Gasteiger partial charge in [-0.05, 0) is 25.5 Å². The van der Waals surface area contributed by atoms with Crippen LogP contribution >= 0.6 is 7.60 Å². The van der Waals surface area contributed by atoms with Gasteiger partial charge in [0.05, 0.1) is 31.4 Å². The van der Waals surface area contributed by atoms with Gasteiger partial charge in [-0.25, -0.2) is 4.79 Å². The van der Waals surface area contributed by atoms with Gasteiger partial charge in [-0.15, -0.1) is 0 Å². The molecule has 0 aliphatic rings. The molecule has 25 heavy (non-hydrogen) atoms. The summed E-state index contributed by atoms with van der Waals surface area (Å²) in [6.07, 6.45) is -0.872. The summed E-state index contributed by atoms with van der Waals surface area (Å²) in [5, 5.41) is 0. The molecule has 0 aromatic heterocycles. The highest BCUT2D eigenvalue weighted by molar-refractivity contribution is 7.52. The van der Waals surface area contributed by atoms with E-state index >= 15 is 0 Å². The van der Waals surface area contributed by atoms with Gasteiger partial charge >= 0.3 is 25.5 Å². The number of carbonyl (C=O) groups excluding carboxylic acids is 3. The fraction of sp³-hybridized carbons (Fsp3) is 0.438. The van der Waals surface area contributed by atoms with Gasteiger partial charge in [0.15, 0.2) is 0 Å². The van der Waals surface area contributed by atoms with Crippen molar-refractivity contribution in [3.8, 4) is 0 Å². The van der Waals surface area contributed by atoms with Gasteiger partial charge in [-0.2, -0.15) is 0 Å². The summed E-state index contributed by atoms with van der Waals surface area (Å²) in [5.41, 5.74) is 0.219. The third kappa shape index (κ3) is 7.60. The molecule has 2 atom stereocenters. The Bertz CT molecular complexity index is 643. The highest BCUT2D eigenvalue weighted by Gasteiger charge is 2.31. The van der Waals surface area contributed by atoms with Crippen LogP contribution in [0, 0.1) is 5.92 Å². The second-order valence-electron chi connectivity index (χ2n) is 5.12. The predicted molar refractivity (Wildman–Crippen MR) is 87.9 cm³/mol. The van der Waals surface area contributed by atoms with E-state index in [0.717, 1.165) is 7.11 Å². The summed E-state index contributed by atoms with van der Waals surface area (Å²) >= 11 is 0. The van der Waals surface area contributed by atoms with Crippen molar-refractivity contribution in [2.24, 2.45) is 5.92 Å². The van der Waals surface area contributed by atoms with Crippen molar-refractivity contribution in [2.75, 3.05) is 19.9 Å². The third-order valence-corrected chi connectivity index (χ3v) is 4.79. The SMILES string of the molecule is CCOP(=O)(O)CC(CCC(=O)OC(=O)c1ccccc1)C(=O)OC. The summed E-state index contributed by atoms with van der Waals surface area (Å²) in [7, 11) is -2.84. The van der Waals surface area contributed by atoms with E-state index in [2.05, 4.69) is 9.47 Å². The number of carbonyl (C=O) groups is 3. The van der Waals surface area contributed by atoms with Crippen molar-refractivity contribution >= 4 is 25.5 Å². The second kappa shape index (κ2) is 10.1. The first-order valence-electron chi connectivity index (χ1n) is 7.63. The zero-order valence-electron chi connectivity index (χ0n) is 14.0. The number of rotatable bonds is 9. The average molecular weight is 372 g/mol. The molecule has 1 N–H and O–H groups in total. The molecule has 8 nitrogen and oxygen atoms in total. The van der Waals surface area contributed by atoms with Crippen LogP contribution in [0.15, 0.2) is 30.3 Å². The van der Waals surface area contributed by atoms with E-state index in [1.807, 2.05) is 0 Å². The van der Waals surface area contributed by atoms with Crippen molar-refractivity contribution in [1.82, 2.24) is 0 Å². The minimum Gasteiger partial charge on any atom is -0.469 e. The summed E-state index contributed by atoms with van der Waals surface area (Å²) in [5.74, 6) is -3.41. The van der Waals surface area contributed by atoms with E-state index in [1.54, 1.807) is 25.1 Å². The van der Waals surface area contributed by atoms with Gasteiger partial charge in [-0.3, -0.25) is 14.2 Å². The molecule has 0 saturated carbocycles. The van der Waals surface area contributed by atoms with Gasteiger partial charge in [0.25, 0.3) is 0 Å². The standard InChI is InChI=1S/C16H21O8P/c1-3-23-25(20,21)11-13(15(18)22-2)9-10-14(17)24-16(19)12-7-5-4-6-8-12/h4-8,13H,3,9-11H2,1-2H3,(H,20,21). The molecule has 0 amide bonds. The van der Waals surface area contributed by atoms with Gasteiger partial charge in [-0.1, -0.05) is 18.2 Å². The molecule has 0 heterocycles. The Kier molecular flexibility index (Phi) is 8.48. The quantitative estimate of drug-likeness (QED) is 0.398. The Labute approximate surface area is 145 Å². The summed E-state index contributed by atoms with van der Waals surface area (Å²) < 4.78 is 25.8. The normalized spacial score (nSPS) is 14.2. The molecule has 0 bridgehead atoms. The van der Waals surface area contributed by atoms with Crippen LogP contribution < -0.4 is 0 Å². The van der Waals surface area contributed by atoms with E-state index in [4.69, 9.17) is 4.52 Å². The smallest absolute Gasteiger partial charge is 0.345 e. The highest BCUT2D eigenvalue weighted by Crippen LogP contribution is 2.44. The highest BCUT2D eigenvalue weighted by atomic mass is 31.2. The molecule has 9 heteroatoms. The maximum Gasteiger partial charge on any atom is 0.345 e. The lowest BCUT2D eigenvalue weighted by molar-refractivity contribution is -0.145. The third-order valence-electron chi connectivity index (χ3n) is 3.23. The zero-order chi connectivity index (χ0) is 18.9. The van der Waals surface area contributed by atoms with Gasteiger partial charge < -0.3 is 18.9 Å². The van der Waals surface area contributed by atoms with E-state index in [9.17, 15) is 23.8 Å². The van der Waals surface area contributed by atoms with Crippen LogP contribution in [0.5, 0.6) is 0 Å². The zero-order valence-corrected chi connectivity index (χ0v) is 14.9. The van der Waals surface area contributed by atoms with Crippen LogP contribution in [0.3, 0.4) is 0 Å². The molecule has 0 aliphatic heterocycles. The lowest BCUT2D eigenvalue weighted by Crippen LogP contribution is -2.23. The largest absolute Gasteiger partial charge is 0.469 e. The van der Waals surface area contributed by atoms with Crippen LogP contribution in [-0.4, -0.2) is 42.7 Å². The number of hydrogen-bond acceptors (Lipinski definition) is 7. The Morgan fingerprint density at radius 2 is 1.84 bits per heavy atom. The molecule has 1 aromatic rings.